The van der Waals surface area contributed by atoms with Crippen molar-refractivity contribution in [1.29, 1.82) is 0 Å². The van der Waals surface area contributed by atoms with E-state index in [0.717, 1.165) is 5.92 Å². The second-order valence-corrected chi connectivity index (χ2v) is 4.04. The molecule has 0 aromatic rings. The van der Waals surface area contributed by atoms with Crippen molar-refractivity contribution in [2.45, 2.75) is 65.7 Å². The van der Waals surface area contributed by atoms with E-state index in [2.05, 4.69) is 32.9 Å². The highest BCUT2D eigenvalue weighted by Crippen LogP contribution is 2.11. The second kappa shape index (κ2) is 9.83. The maximum absolute atomic E-state index is 2.39. The van der Waals surface area contributed by atoms with Crippen molar-refractivity contribution in [3.8, 4) is 0 Å². The molecular weight excluding hydrogens is 156 g/mol. The molecule has 0 aliphatic carbocycles. The summed E-state index contributed by atoms with van der Waals surface area (Å²) in [5, 5.41) is 0. The first kappa shape index (κ1) is 12.7. The molecule has 0 heteroatoms. The fourth-order valence-electron chi connectivity index (χ4n) is 1.46. The molecule has 0 rings (SSSR count). The van der Waals surface area contributed by atoms with Crippen LogP contribution in [0.25, 0.3) is 0 Å². The van der Waals surface area contributed by atoms with Crippen LogP contribution in [0, 0.1) is 5.92 Å². The van der Waals surface area contributed by atoms with Crippen molar-refractivity contribution in [3.05, 3.63) is 12.2 Å². The molecule has 0 aliphatic heterocycles. The van der Waals surface area contributed by atoms with Crippen molar-refractivity contribution in [2.24, 2.45) is 5.92 Å². The van der Waals surface area contributed by atoms with Crippen LogP contribution in [-0.2, 0) is 0 Å². The molecule has 0 fully saturated rings. The summed E-state index contributed by atoms with van der Waals surface area (Å²) < 4.78 is 0. The van der Waals surface area contributed by atoms with Gasteiger partial charge < -0.3 is 0 Å². The molecule has 0 heterocycles. The van der Waals surface area contributed by atoms with Gasteiger partial charge in [-0.15, -0.1) is 0 Å². The normalized spacial score (nSPS) is 13.8. The number of allylic oxidation sites excluding steroid dienone is 2. The van der Waals surface area contributed by atoms with Gasteiger partial charge in [-0.3, -0.25) is 0 Å². The van der Waals surface area contributed by atoms with Gasteiger partial charge in [0.2, 0.25) is 0 Å². The molecule has 1 atom stereocenters. The molecule has 0 N–H and O–H groups in total. The highest BCUT2D eigenvalue weighted by molar-refractivity contribution is 4.85. The first-order valence-corrected chi connectivity index (χ1v) is 5.97. The Morgan fingerprint density at radius 3 is 2.31 bits per heavy atom. The molecule has 0 amide bonds. The third-order valence-corrected chi connectivity index (χ3v) is 2.45. The van der Waals surface area contributed by atoms with E-state index in [1.165, 1.54) is 44.9 Å². The molecule has 0 saturated carbocycles. The van der Waals surface area contributed by atoms with Gasteiger partial charge >= 0.3 is 0 Å². The monoisotopic (exact) mass is 182 g/mol. The second-order valence-electron chi connectivity index (χ2n) is 4.04. The quantitative estimate of drug-likeness (QED) is 0.368. The third-order valence-electron chi connectivity index (χ3n) is 2.45. The highest BCUT2D eigenvalue weighted by Gasteiger charge is 1.95. The van der Waals surface area contributed by atoms with E-state index in [1.807, 2.05) is 0 Å². The molecular formula is C13H26. The fourth-order valence-corrected chi connectivity index (χ4v) is 1.46. The summed E-state index contributed by atoms with van der Waals surface area (Å²) in [7, 11) is 0. The lowest BCUT2D eigenvalue weighted by atomic mass is 10.0. The van der Waals surface area contributed by atoms with Crippen LogP contribution in [0.4, 0.5) is 0 Å². The number of unbranched alkanes of at least 4 members (excludes halogenated alkanes) is 4. The molecule has 0 aromatic heterocycles. The number of hydrogen-bond acceptors (Lipinski definition) is 0. The van der Waals surface area contributed by atoms with E-state index in [0.29, 0.717) is 0 Å². The van der Waals surface area contributed by atoms with E-state index < -0.39 is 0 Å². The van der Waals surface area contributed by atoms with Crippen LogP contribution in [0.5, 0.6) is 0 Å². The molecule has 0 aromatic carbocycles. The van der Waals surface area contributed by atoms with Crippen molar-refractivity contribution in [1.82, 2.24) is 0 Å². The van der Waals surface area contributed by atoms with Gasteiger partial charge in [0.15, 0.2) is 0 Å². The predicted molar refractivity (Wildman–Crippen MR) is 62.0 cm³/mol. The molecule has 0 unspecified atom stereocenters. The fraction of sp³-hybridized carbons (Fsp3) is 0.846. The Hall–Kier alpha value is -0.260. The van der Waals surface area contributed by atoms with E-state index in [1.54, 1.807) is 0 Å². The van der Waals surface area contributed by atoms with Crippen LogP contribution < -0.4 is 0 Å². The van der Waals surface area contributed by atoms with Crippen molar-refractivity contribution < 1.29 is 0 Å². The Morgan fingerprint density at radius 1 is 1.00 bits per heavy atom. The Morgan fingerprint density at radius 2 is 1.69 bits per heavy atom. The molecule has 0 bridgehead atoms. The first-order valence-electron chi connectivity index (χ1n) is 5.97. The molecule has 0 spiro atoms. The Bertz CT molecular complexity index is 113. The first-order chi connectivity index (χ1) is 6.31. The van der Waals surface area contributed by atoms with E-state index >= 15 is 0 Å². The van der Waals surface area contributed by atoms with Crippen molar-refractivity contribution in [2.75, 3.05) is 0 Å². The number of rotatable bonds is 8. The molecule has 0 nitrogen and oxygen atoms in total. The number of hydrogen-bond donors (Lipinski definition) is 0. The summed E-state index contributed by atoms with van der Waals surface area (Å²) in [5.41, 5.74) is 0. The van der Waals surface area contributed by atoms with Gasteiger partial charge in [0.25, 0.3) is 0 Å². The van der Waals surface area contributed by atoms with Crippen molar-refractivity contribution >= 4 is 0 Å². The predicted octanol–water partition coefficient (Wildman–Crippen LogP) is 4.95. The Balaban J connectivity index is 3.27. The summed E-state index contributed by atoms with van der Waals surface area (Å²) in [6.45, 7) is 6.85. The molecule has 13 heavy (non-hydrogen) atoms. The van der Waals surface area contributed by atoms with Crippen LogP contribution in [0.1, 0.15) is 65.7 Å². The summed E-state index contributed by atoms with van der Waals surface area (Å²) in [6, 6.07) is 0. The zero-order valence-corrected chi connectivity index (χ0v) is 9.68. The van der Waals surface area contributed by atoms with Crippen LogP contribution in [0.15, 0.2) is 12.2 Å². The summed E-state index contributed by atoms with van der Waals surface area (Å²) >= 11 is 0. The molecule has 78 valence electrons. The minimum absolute atomic E-state index is 0.795. The standard InChI is InChI=1S/C13H26/c1-4-6-8-10-12-13(3)11-9-7-5-2/h10,12-13H,4-9,11H2,1-3H3/b12-10+/t13-/m0/s1. The lowest BCUT2D eigenvalue weighted by Crippen LogP contribution is -1.89. The lowest BCUT2D eigenvalue weighted by Gasteiger charge is -2.04. The van der Waals surface area contributed by atoms with Gasteiger partial charge in [-0.2, -0.15) is 0 Å². The van der Waals surface area contributed by atoms with Gasteiger partial charge in [0, 0.05) is 0 Å². The summed E-state index contributed by atoms with van der Waals surface area (Å²) in [4.78, 5) is 0. The maximum atomic E-state index is 2.39. The van der Waals surface area contributed by atoms with Crippen molar-refractivity contribution in [3.63, 3.8) is 0 Å². The smallest absolute Gasteiger partial charge is 0.0262 e. The van der Waals surface area contributed by atoms with Gasteiger partial charge in [0.05, 0.1) is 0 Å². The van der Waals surface area contributed by atoms with Gasteiger partial charge in [0.1, 0.15) is 0 Å². The molecule has 0 aliphatic rings. The molecule has 0 radical (unpaired) electrons. The summed E-state index contributed by atoms with van der Waals surface area (Å²) in [6.07, 6.45) is 14.2. The average molecular weight is 182 g/mol. The van der Waals surface area contributed by atoms with Crippen LogP contribution >= 0.6 is 0 Å². The van der Waals surface area contributed by atoms with Gasteiger partial charge in [-0.25, -0.2) is 0 Å². The van der Waals surface area contributed by atoms with E-state index in [4.69, 9.17) is 0 Å². The van der Waals surface area contributed by atoms with Crippen LogP contribution in [0.2, 0.25) is 0 Å². The van der Waals surface area contributed by atoms with E-state index in [-0.39, 0.29) is 0 Å². The Labute approximate surface area is 84.4 Å². The van der Waals surface area contributed by atoms with Gasteiger partial charge in [-0.05, 0) is 18.8 Å². The third kappa shape index (κ3) is 9.66. The largest absolute Gasteiger partial charge is 0.0883 e. The Kier molecular flexibility index (Phi) is 9.63. The molecule has 0 saturated heterocycles. The van der Waals surface area contributed by atoms with E-state index in [9.17, 15) is 0 Å². The topological polar surface area (TPSA) is 0 Å². The zero-order chi connectivity index (χ0) is 9.94. The zero-order valence-electron chi connectivity index (χ0n) is 9.68. The van der Waals surface area contributed by atoms with Crippen LogP contribution in [0.3, 0.4) is 0 Å². The minimum atomic E-state index is 0.795. The van der Waals surface area contributed by atoms with Gasteiger partial charge in [-0.1, -0.05) is 65.0 Å². The maximum Gasteiger partial charge on any atom is -0.0262 e. The summed E-state index contributed by atoms with van der Waals surface area (Å²) in [5.74, 6) is 0.795. The van der Waals surface area contributed by atoms with Crippen LogP contribution in [-0.4, -0.2) is 0 Å². The lowest BCUT2D eigenvalue weighted by molar-refractivity contribution is 0.574. The average Bonchev–Trinajstić information content (AvgIpc) is 2.13. The minimum Gasteiger partial charge on any atom is -0.0883 e. The SMILES string of the molecule is CCCC/C=C/[C@@H](C)CCCCC. The highest BCUT2D eigenvalue weighted by atomic mass is 14.0.